The van der Waals surface area contributed by atoms with Gasteiger partial charge in [-0.3, -0.25) is 4.79 Å². The van der Waals surface area contributed by atoms with E-state index in [1.807, 2.05) is 0 Å². The lowest BCUT2D eigenvalue weighted by atomic mass is 10.1. The molecule has 2 amide bonds. The molecular weight excluding hydrogens is 236 g/mol. The SMILES string of the molecule is CC(CCCNC(=O)N1CCCOCC1)C(=O)O. The van der Waals surface area contributed by atoms with E-state index >= 15 is 0 Å². The van der Waals surface area contributed by atoms with Gasteiger partial charge in [-0.1, -0.05) is 6.92 Å². The standard InChI is InChI=1S/C12H22N2O4/c1-10(11(15)16)4-2-5-13-12(17)14-6-3-8-18-9-7-14/h10H,2-9H2,1H3,(H,13,17)(H,15,16). The van der Waals surface area contributed by atoms with Crippen LogP contribution in [0.25, 0.3) is 0 Å². The number of hydrogen-bond donors (Lipinski definition) is 2. The lowest BCUT2D eigenvalue weighted by Gasteiger charge is -2.20. The highest BCUT2D eigenvalue weighted by atomic mass is 16.5. The summed E-state index contributed by atoms with van der Waals surface area (Å²) in [6.07, 6.45) is 2.13. The van der Waals surface area contributed by atoms with E-state index in [0.29, 0.717) is 39.1 Å². The number of aliphatic carboxylic acids is 1. The summed E-state index contributed by atoms with van der Waals surface area (Å²) in [5.74, 6) is -1.14. The van der Waals surface area contributed by atoms with Crippen molar-refractivity contribution in [3.8, 4) is 0 Å². The third-order valence-electron chi connectivity index (χ3n) is 3.02. The molecule has 0 aromatic carbocycles. The summed E-state index contributed by atoms with van der Waals surface area (Å²) in [6.45, 7) is 4.84. The molecule has 1 unspecified atom stereocenters. The summed E-state index contributed by atoms with van der Waals surface area (Å²) in [4.78, 5) is 24.1. The van der Waals surface area contributed by atoms with Crippen molar-refractivity contribution in [1.82, 2.24) is 10.2 Å². The summed E-state index contributed by atoms with van der Waals surface area (Å²) in [5, 5.41) is 11.5. The van der Waals surface area contributed by atoms with Gasteiger partial charge in [0.1, 0.15) is 0 Å². The second-order valence-electron chi connectivity index (χ2n) is 4.57. The Hall–Kier alpha value is -1.30. The Morgan fingerprint density at radius 2 is 2.17 bits per heavy atom. The van der Waals surface area contributed by atoms with Crippen LogP contribution in [-0.2, 0) is 9.53 Å². The van der Waals surface area contributed by atoms with Crippen LogP contribution in [0.4, 0.5) is 4.79 Å². The van der Waals surface area contributed by atoms with Crippen LogP contribution in [0.3, 0.4) is 0 Å². The van der Waals surface area contributed by atoms with Crippen molar-refractivity contribution in [3.63, 3.8) is 0 Å². The first kappa shape index (κ1) is 14.8. The third-order valence-corrected chi connectivity index (χ3v) is 3.02. The fraction of sp³-hybridized carbons (Fsp3) is 0.833. The Kier molecular flexibility index (Phi) is 6.49. The highest BCUT2D eigenvalue weighted by Gasteiger charge is 2.15. The summed E-state index contributed by atoms with van der Waals surface area (Å²) in [7, 11) is 0. The van der Waals surface area contributed by atoms with Gasteiger partial charge in [-0.2, -0.15) is 0 Å². The van der Waals surface area contributed by atoms with Crippen molar-refractivity contribution < 1.29 is 19.4 Å². The van der Waals surface area contributed by atoms with Crippen LogP contribution in [0.5, 0.6) is 0 Å². The Balaban J connectivity index is 2.14. The number of amides is 2. The van der Waals surface area contributed by atoms with E-state index in [9.17, 15) is 9.59 Å². The van der Waals surface area contributed by atoms with Gasteiger partial charge in [-0.25, -0.2) is 4.79 Å². The van der Waals surface area contributed by atoms with Crippen LogP contribution >= 0.6 is 0 Å². The summed E-state index contributed by atoms with van der Waals surface area (Å²) in [5.41, 5.74) is 0. The number of nitrogens with one attached hydrogen (secondary N) is 1. The second-order valence-corrected chi connectivity index (χ2v) is 4.57. The molecule has 0 aromatic heterocycles. The maximum atomic E-state index is 11.8. The molecule has 1 rings (SSSR count). The molecule has 1 atom stereocenters. The van der Waals surface area contributed by atoms with Crippen LogP contribution < -0.4 is 5.32 Å². The predicted molar refractivity (Wildman–Crippen MR) is 66.4 cm³/mol. The van der Waals surface area contributed by atoms with Crippen molar-refractivity contribution in [2.75, 3.05) is 32.8 Å². The highest BCUT2D eigenvalue weighted by molar-refractivity contribution is 5.74. The van der Waals surface area contributed by atoms with E-state index in [2.05, 4.69) is 5.32 Å². The Morgan fingerprint density at radius 3 is 2.89 bits per heavy atom. The minimum Gasteiger partial charge on any atom is -0.481 e. The molecule has 0 aromatic rings. The molecule has 6 nitrogen and oxygen atoms in total. The fourth-order valence-electron chi connectivity index (χ4n) is 1.79. The zero-order valence-corrected chi connectivity index (χ0v) is 10.9. The largest absolute Gasteiger partial charge is 0.481 e. The molecular formula is C12H22N2O4. The topological polar surface area (TPSA) is 78.9 Å². The fourth-order valence-corrected chi connectivity index (χ4v) is 1.79. The van der Waals surface area contributed by atoms with Crippen LogP contribution in [0.15, 0.2) is 0 Å². The third kappa shape index (κ3) is 5.35. The number of carboxylic acid groups (broad SMARTS) is 1. The summed E-state index contributed by atoms with van der Waals surface area (Å²) in [6, 6.07) is -0.0801. The Morgan fingerprint density at radius 1 is 1.39 bits per heavy atom. The minimum absolute atomic E-state index is 0.0801. The smallest absolute Gasteiger partial charge is 0.317 e. The molecule has 1 saturated heterocycles. The molecule has 1 heterocycles. The molecule has 0 radical (unpaired) electrons. The molecule has 6 heteroatoms. The average molecular weight is 258 g/mol. The number of carboxylic acids is 1. The van der Waals surface area contributed by atoms with Gasteiger partial charge in [-0.15, -0.1) is 0 Å². The van der Waals surface area contributed by atoms with Crippen LogP contribution in [0.1, 0.15) is 26.2 Å². The van der Waals surface area contributed by atoms with Gasteiger partial charge in [0.25, 0.3) is 0 Å². The number of hydrogen-bond acceptors (Lipinski definition) is 3. The van der Waals surface area contributed by atoms with Gasteiger partial charge in [0.2, 0.25) is 0 Å². The van der Waals surface area contributed by atoms with Gasteiger partial charge in [0, 0.05) is 26.2 Å². The maximum Gasteiger partial charge on any atom is 0.317 e. The molecule has 0 spiro atoms. The van der Waals surface area contributed by atoms with Crippen LogP contribution in [0.2, 0.25) is 0 Å². The van der Waals surface area contributed by atoms with Crippen molar-refractivity contribution in [2.24, 2.45) is 5.92 Å². The quantitative estimate of drug-likeness (QED) is 0.719. The second kappa shape index (κ2) is 7.92. The van der Waals surface area contributed by atoms with E-state index in [4.69, 9.17) is 9.84 Å². The highest BCUT2D eigenvalue weighted by Crippen LogP contribution is 2.04. The number of nitrogens with zero attached hydrogens (tertiary/aromatic N) is 1. The van der Waals surface area contributed by atoms with Gasteiger partial charge in [0.15, 0.2) is 0 Å². The molecule has 1 fully saturated rings. The normalized spacial score (nSPS) is 17.9. The van der Waals surface area contributed by atoms with Crippen molar-refractivity contribution in [1.29, 1.82) is 0 Å². The van der Waals surface area contributed by atoms with Gasteiger partial charge < -0.3 is 20.1 Å². The van der Waals surface area contributed by atoms with Crippen molar-refractivity contribution >= 4 is 12.0 Å². The van der Waals surface area contributed by atoms with E-state index < -0.39 is 5.97 Å². The van der Waals surface area contributed by atoms with Crippen molar-refractivity contribution in [3.05, 3.63) is 0 Å². The summed E-state index contributed by atoms with van der Waals surface area (Å²) >= 11 is 0. The zero-order valence-electron chi connectivity index (χ0n) is 10.9. The molecule has 0 aliphatic carbocycles. The molecule has 0 saturated carbocycles. The first-order chi connectivity index (χ1) is 8.61. The minimum atomic E-state index is -0.786. The van der Waals surface area contributed by atoms with Crippen molar-refractivity contribution in [2.45, 2.75) is 26.2 Å². The van der Waals surface area contributed by atoms with E-state index in [1.165, 1.54) is 0 Å². The van der Waals surface area contributed by atoms with E-state index in [-0.39, 0.29) is 11.9 Å². The predicted octanol–water partition coefficient (Wildman–Crippen LogP) is 0.919. The number of ether oxygens (including phenoxy) is 1. The molecule has 0 bridgehead atoms. The monoisotopic (exact) mass is 258 g/mol. The molecule has 1 aliphatic rings. The number of carbonyl (C=O) groups excluding carboxylic acids is 1. The average Bonchev–Trinajstić information content (AvgIpc) is 2.62. The first-order valence-corrected chi connectivity index (χ1v) is 6.44. The first-order valence-electron chi connectivity index (χ1n) is 6.44. The lowest BCUT2D eigenvalue weighted by molar-refractivity contribution is -0.141. The Labute approximate surface area is 107 Å². The lowest BCUT2D eigenvalue weighted by Crippen LogP contribution is -2.41. The number of rotatable bonds is 5. The molecule has 2 N–H and O–H groups in total. The maximum absolute atomic E-state index is 11.8. The summed E-state index contributed by atoms with van der Waals surface area (Å²) < 4.78 is 5.27. The Bertz CT molecular complexity index is 275. The zero-order chi connectivity index (χ0) is 13.4. The van der Waals surface area contributed by atoms with E-state index in [0.717, 1.165) is 13.0 Å². The van der Waals surface area contributed by atoms with E-state index in [1.54, 1.807) is 11.8 Å². The van der Waals surface area contributed by atoms with Crippen LogP contribution in [-0.4, -0.2) is 54.9 Å². The van der Waals surface area contributed by atoms with Crippen LogP contribution in [0, 0.1) is 5.92 Å². The van der Waals surface area contributed by atoms with Gasteiger partial charge >= 0.3 is 12.0 Å². The molecule has 18 heavy (non-hydrogen) atoms. The molecule has 1 aliphatic heterocycles. The number of urea groups is 1. The van der Waals surface area contributed by atoms with Gasteiger partial charge in [-0.05, 0) is 19.3 Å². The molecule has 104 valence electrons. The number of carbonyl (C=O) groups is 2. The van der Waals surface area contributed by atoms with Gasteiger partial charge in [0.05, 0.1) is 12.5 Å².